The van der Waals surface area contributed by atoms with Gasteiger partial charge in [-0.2, -0.15) is 0 Å². The molecule has 0 N–H and O–H groups in total. The molecule has 0 bridgehead atoms. The summed E-state index contributed by atoms with van der Waals surface area (Å²) in [6.45, 7) is 15.9. The van der Waals surface area contributed by atoms with Crippen molar-refractivity contribution in [2.75, 3.05) is 6.61 Å². The number of hydrogen-bond acceptors (Lipinski definition) is 3. The lowest BCUT2D eigenvalue weighted by Crippen LogP contribution is -2.06. The monoisotopic (exact) mass is 641 g/mol. The fourth-order valence-electron chi connectivity index (χ4n) is 6.29. The van der Waals surface area contributed by atoms with Crippen molar-refractivity contribution >= 4 is 25.9 Å². The molecule has 0 radical (unpaired) electrons. The molecule has 0 amide bonds. The van der Waals surface area contributed by atoms with Crippen LogP contribution >= 0.6 is 8.46 Å². The minimum atomic E-state index is -0.555. The van der Waals surface area contributed by atoms with Gasteiger partial charge in [0.1, 0.15) is 11.5 Å². The highest BCUT2D eigenvalue weighted by Crippen LogP contribution is 2.28. The standard InChI is InChI=1S/C42H57O3P/c1-8-9-10-11-16-19-24-44-41-30-38(22-23-42(41)46-43)45-37(29-40-35(6)27-32(3)28-36(40)7)20-17-14-12-13-15-18-21-39-33(4)25-31(2)26-34(39)5/h18,21-23,25-30H,8-17,19-20,24H2,1-7H3/p+1. The van der Waals surface area contributed by atoms with E-state index in [1.165, 1.54) is 83.0 Å². The van der Waals surface area contributed by atoms with E-state index >= 15 is 0 Å². The molecule has 1 atom stereocenters. The first-order valence-corrected chi connectivity index (χ1v) is 18.5. The van der Waals surface area contributed by atoms with Gasteiger partial charge in [-0.1, -0.05) is 104 Å². The highest BCUT2D eigenvalue weighted by molar-refractivity contribution is 7.34. The van der Waals surface area contributed by atoms with Crippen molar-refractivity contribution in [3.63, 3.8) is 0 Å². The summed E-state index contributed by atoms with van der Waals surface area (Å²) in [5.41, 5.74) is 10.4. The Morgan fingerprint density at radius 2 is 1.28 bits per heavy atom. The molecule has 0 aliphatic carbocycles. The van der Waals surface area contributed by atoms with Crippen LogP contribution in [0.25, 0.3) is 12.2 Å². The van der Waals surface area contributed by atoms with Gasteiger partial charge >= 0.3 is 8.46 Å². The SMILES string of the molecule is CCCCCCCCOc1cc(OC(=Cc2c(C)cc(C)cc2C)CCCCCCC=Cc2c(C)cc(C)cc2C)ccc1[PH+]=O. The molecule has 0 saturated heterocycles. The molecule has 0 fully saturated rings. The minimum absolute atomic E-state index is 0.555. The molecule has 4 heteroatoms. The first-order valence-electron chi connectivity index (χ1n) is 17.6. The summed E-state index contributed by atoms with van der Waals surface area (Å²) >= 11 is 0. The van der Waals surface area contributed by atoms with E-state index in [1.54, 1.807) is 0 Å². The van der Waals surface area contributed by atoms with E-state index in [1.807, 2.05) is 18.2 Å². The normalized spacial score (nSPS) is 11.9. The number of rotatable bonds is 20. The van der Waals surface area contributed by atoms with E-state index in [9.17, 15) is 4.57 Å². The van der Waals surface area contributed by atoms with E-state index in [4.69, 9.17) is 9.47 Å². The summed E-state index contributed by atoms with van der Waals surface area (Å²) < 4.78 is 24.6. The Balaban J connectivity index is 1.62. The molecule has 0 heterocycles. The van der Waals surface area contributed by atoms with E-state index < -0.39 is 8.46 Å². The summed E-state index contributed by atoms with van der Waals surface area (Å²) in [6.07, 6.45) is 20.7. The molecule has 248 valence electrons. The fraction of sp³-hybridized carbons (Fsp3) is 0.476. The molecule has 0 spiro atoms. The van der Waals surface area contributed by atoms with Gasteiger partial charge in [0.15, 0.2) is 5.75 Å². The Labute approximate surface area is 281 Å². The number of aryl methyl sites for hydroxylation is 6. The van der Waals surface area contributed by atoms with Gasteiger partial charge in [0.2, 0.25) is 5.30 Å². The second-order valence-corrected chi connectivity index (χ2v) is 13.8. The lowest BCUT2D eigenvalue weighted by atomic mass is 9.98. The number of benzene rings is 3. The predicted molar refractivity (Wildman–Crippen MR) is 201 cm³/mol. The average molecular weight is 642 g/mol. The van der Waals surface area contributed by atoms with Gasteiger partial charge in [-0.25, -0.2) is 0 Å². The molecule has 1 unspecified atom stereocenters. The Hall–Kier alpha value is -3.16. The summed E-state index contributed by atoms with van der Waals surface area (Å²) in [5, 5.41) is 0.718. The molecule has 0 saturated carbocycles. The van der Waals surface area contributed by atoms with Crippen molar-refractivity contribution in [1.29, 1.82) is 0 Å². The van der Waals surface area contributed by atoms with Gasteiger partial charge in [-0.05, 0) is 119 Å². The molecule has 46 heavy (non-hydrogen) atoms. The van der Waals surface area contributed by atoms with Crippen molar-refractivity contribution in [3.05, 3.63) is 98.8 Å². The van der Waals surface area contributed by atoms with Crippen LogP contribution in [0, 0.1) is 41.5 Å². The van der Waals surface area contributed by atoms with Crippen LogP contribution in [0.5, 0.6) is 11.5 Å². The van der Waals surface area contributed by atoms with Crippen molar-refractivity contribution in [2.24, 2.45) is 0 Å². The maximum atomic E-state index is 11.9. The minimum Gasteiger partial charge on any atom is -0.489 e. The van der Waals surface area contributed by atoms with Crippen LogP contribution in [-0.4, -0.2) is 6.61 Å². The van der Waals surface area contributed by atoms with Crippen LogP contribution in [0.15, 0.2) is 54.3 Å². The number of unbranched alkanes of at least 4 members (excludes halogenated alkanes) is 9. The molecule has 3 aromatic carbocycles. The quantitative estimate of drug-likeness (QED) is 0.0699. The fourth-order valence-corrected chi connectivity index (χ4v) is 6.68. The Kier molecular flexibility index (Phi) is 16.3. The average Bonchev–Trinajstić information content (AvgIpc) is 3.00. The smallest absolute Gasteiger partial charge is 0.367 e. The third kappa shape index (κ3) is 12.6. The maximum absolute atomic E-state index is 11.9. The summed E-state index contributed by atoms with van der Waals surface area (Å²) in [6, 6.07) is 14.7. The Morgan fingerprint density at radius 1 is 0.696 bits per heavy atom. The molecule has 3 aromatic rings. The lowest BCUT2D eigenvalue weighted by Gasteiger charge is -2.14. The van der Waals surface area contributed by atoms with Crippen LogP contribution in [0.4, 0.5) is 0 Å². The van der Waals surface area contributed by atoms with Crippen LogP contribution in [0.1, 0.15) is 128 Å². The molecular weight excluding hydrogens is 583 g/mol. The Morgan fingerprint density at radius 3 is 1.93 bits per heavy atom. The topological polar surface area (TPSA) is 35.5 Å². The van der Waals surface area contributed by atoms with Gasteiger partial charge in [0.25, 0.3) is 0 Å². The number of allylic oxidation sites excluding steroid dienone is 2. The first kappa shape index (κ1) is 37.3. The highest BCUT2D eigenvalue weighted by Gasteiger charge is 2.14. The van der Waals surface area contributed by atoms with Gasteiger partial charge in [0, 0.05) is 12.5 Å². The van der Waals surface area contributed by atoms with Gasteiger partial charge in [-0.3, -0.25) is 0 Å². The van der Waals surface area contributed by atoms with Gasteiger partial charge < -0.3 is 9.47 Å². The Bertz CT molecular complexity index is 1420. The molecule has 3 rings (SSSR count). The zero-order valence-corrected chi connectivity index (χ0v) is 30.7. The summed E-state index contributed by atoms with van der Waals surface area (Å²) in [5.74, 6) is 2.37. The van der Waals surface area contributed by atoms with Crippen LogP contribution in [0.2, 0.25) is 0 Å². The summed E-state index contributed by atoms with van der Waals surface area (Å²) in [4.78, 5) is 0. The third-order valence-corrected chi connectivity index (χ3v) is 9.31. The van der Waals surface area contributed by atoms with Crippen molar-refractivity contribution in [2.45, 2.75) is 126 Å². The third-order valence-electron chi connectivity index (χ3n) is 8.68. The van der Waals surface area contributed by atoms with Crippen molar-refractivity contribution in [1.82, 2.24) is 0 Å². The van der Waals surface area contributed by atoms with Crippen LogP contribution in [0.3, 0.4) is 0 Å². The maximum Gasteiger partial charge on any atom is 0.367 e. The van der Waals surface area contributed by atoms with Crippen LogP contribution in [-0.2, 0) is 4.57 Å². The summed E-state index contributed by atoms with van der Waals surface area (Å²) in [7, 11) is -0.555. The molecule has 0 aliphatic rings. The van der Waals surface area contributed by atoms with Crippen molar-refractivity contribution < 1.29 is 14.0 Å². The second-order valence-electron chi connectivity index (χ2n) is 13.1. The predicted octanol–water partition coefficient (Wildman–Crippen LogP) is 12.4. The van der Waals surface area contributed by atoms with E-state index in [-0.39, 0.29) is 0 Å². The zero-order chi connectivity index (χ0) is 33.3. The van der Waals surface area contributed by atoms with E-state index in [2.05, 4.69) is 91.0 Å². The van der Waals surface area contributed by atoms with Crippen LogP contribution < -0.4 is 14.8 Å². The lowest BCUT2D eigenvalue weighted by molar-refractivity contribution is 0.304. The number of ether oxygens (including phenoxy) is 2. The highest BCUT2D eigenvalue weighted by atomic mass is 31.1. The molecule has 3 nitrogen and oxygen atoms in total. The molecule has 0 aromatic heterocycles. The largest absolute Gasteiger partial charge is 0.489 e. The van der Waals surface area contributed by atoms with Gasteiger partial charge in [-0.15, -0.1) is 0 Å². The van der Waals surface area contributed by atoms with Gasteiger partial charge in [0.05, 0.1) is 6.61 Å². The second kappa shape index (κ2) is 20.2. The van der Waals surface area contributed by atoms with E-state index in [0.29, 0.717) is 12.4 Å². The molecular formula is C42H58O3P+. The van der Waals surface area contributed by atoms with Crippen molar-refractivity contribution in [3.8, 4) is 11.5 Å². The number of hydrogen-bond donors (Lipinski definition) is 0. The zero-order valence-electron chi connectivity index (χ0n) is 29.7. The first-order chi connectivity index (χ1) is 22.2. The van der Waals surface area contributed by atoms with E-state index in [0.717, 1.165) is 55.3 Å². The molecule has 0 aliphatic heterocycles.